The predicted molar refractivity (Wildman–Crippen MR) is 67.9 cm³/mol. The third kappa shape index (κ3) is 3.62. The molecule has 0 spiro atoms. The van der Waals surface area contributed by atoms with E-state index in [9.17, 15) is 4.79 Å². The zero-order valence-corrected chi connectivity index (χ0v) is 10.8. The van der Waals surface area contributed by atoms with Crippen molar-refractivity contribution in [1.29, 1.82) is 0 Å². The summed E-state index contributed by atoms with van der Waals surface area (Å²) in [7, 11) is 0. The molecule has 2 nitrogen and oxygen atoms in total. The molecule has 0 unspecified atom stereocenters. The Balaban J connectivity index is 2.71. The Hall–Kier alpha value is -0.860. The fourth-order valence-corrected chi connectivity index (χ4v) is 1.81. The van der Waals surface area contributed by atoms with Gasteiger partial charge in [-0.1, -0.05) is 30.7 Å². The highest BCUT2D eigenvalue weighted by atomic mass is 35.5. The zero-order chi connectivity index (χ0) is 12.2. The third-order valence-corrected chi connectivity index (χ3v) is 2.80. The first-order valence-electron chi connectivity index (χ1n) is 5.48. The van der Waals surface area contributed by atoms with Crippen molar-refractivity contribution in [2.45, 2.75) is 32.7 Å². The topological polar surface area (TPSA) is 29.1 Å². The van der Waals surface area contributed by atoms with Crippen LogP contribution in [0.25, 0.3) is 0 Å². The van der Waals surface area contributed by atoms with Gasteiger partial charge in [0.1, 0.15) is 0 Å². The number of carbonyl (C=O) groups is 1. The van der Waals surface area contributed by atoms with Gasteiger partial charge in [-0.2, -0.15) is 0 Å². The molecule has 1 rings (SSSR count). The largest absolute Gasteiger partial charge is 0.306 e. The maximum Gasteiger partial charge on any atom is 0.156 e. The first kappa shape index (κ1) is 13.2. The smallest absolute Gasteiger partial charge is 0.156 e. The van der Waals surface area contributed by atoms with Gasteiger partial charge in [-0.05, 0) is 38.1 Å². The van der Waals surface area contributed by atoms with Crippen LogP contribution < -0.4 is 5.32 Å². The number of likely N-dealkylation sites (N-methyl/N-ethyl adjacent to an activating group) is 1. The van der Waals surface area contributed by atoms with Crippen molar-refractivity contribution in [2.24, 2.45) is 0 Å². The lowest BCUT2D eigenvalue weighted by atomic mass is 9.93. The number of hydrogen-bond donors (Lipinski definition) is 1. The fourth-order valence-electron chi connectivity index (χ4n) is 1.59. The number of benzene rings is 1. The molecule has 1 N–H and O–H groups in total. The summed E-state index contributed by atoms with van der Waals surface area (Å²) in [5, 5.41) is 3.85. The highest BCUT2D eigenvalue weighted by Gasteiger charge is 2.25. The molecule has 0 atom stereocenters. The van der Waals surface area contributed by atoms with Crippen LogP contribution in [-0.4, -0.2) is 17.9 Å². The van der Waals surface area contributed by atoms with E-state index in [1.54, 1.807) is 0 Å². The lowest BCUT2D eigenvalue weighted by Crippen LogP contribution is -2.47. The minimum absolute atomic E-state index is 0.177. The zero-order valence-electron chi connectivity index (χ0n) is 10.0. The van der Waals surface area contributed by atoms with Crippen LogP contribution in [0.2, 0.25) is 5.02 Å². The molecule has 0 aliphatic heterocycles. The van der Waals surface area contributed by atoms with Crippen molar-refractivity contribution in [3.05, 3.63) is 34.9 Å². The predicted octanol–water partition coefficient (Wildman–Crippen LogP) is 2.84. The molecule has 0 aliphatic carbocycles. The van der Waals surface area contributed by atoms with Gasteiger partial charge < -0.3 is 5.32 Å². The van der Waals surface area contributed by atoms with Gasteiger partial charge in [-0.3, -0.25) is 4.79 Å². The number of hydrogen-bond acceptors (Lipinski definition) is 2. The summed E-state index contributed by atoms with van der Waals surface area (Å²) in [6.45, 7) is 6.59. The summed E-state index contributed by atoms with van der Waals surface area (Å²) in [6, 6.07) is 7.43. The average Bonchev–Trinajstić information content (AvgIpc) is 2.17. The van der Waals surface area contributed by atoms with Crippen LogP contribution in [0.4, 0.5) is 0 Å². The number of carbonyl (C=O) groups excluding carboxylic acids is 1. The molecule has 3 heteroatoms. The lowest BCUT2D eigenvalue weighted by Gasteiger charge is -2.24. The Morgan fingerprint density at radius 3 is 2.69 bits per heavy atom. The Kier molecular flexibility index (Phi) is 4.51. The summed E-state index contributed by atoms with van der Waals surface area (Å²) < 4.78 is 0. The molecule has 0 radical (unpaired) electrons. The van der Waals surface area contributed by atoms with E-state index in [-0.39, 0.29) is 5.78 Å². The van der Waals surface area contributed by atoms with Gasteiger partial charge in [0.25, 0.3) is 0 Å². The van der Waals surface area contributed by atoms with Gasteiger partial charge in [-0.25, -0.2) is 0 Å². The van der Waals surface area contributed by atoms with E-state index < -0.39 is 5.54 Å². The molecule has 88 valence electrons. The van der Waals surface area contributed by atoms with Gasteiger partial charge in [0.15, 0.2) is 5.78 Å². The molecule has 0 heterocycles. The quantitative estimate of drug-likeness (QED) is 0.856. The summed E-state index contributed by atoms with van der Waals surface area (Å²) in [5.74, 6) is 0.177. The van der Waals surface area contributed by atoms with Crippen LogP contribution >= 0.6 is 11.6 Å². The first-order chi connectivity index (χ1) is 7.45. The van der Waals surface area contributed by atoms with Gasteiger partial charge in [0.2, 0.25) is 0 Å². The van der Waals surface area contributed by atoms with Crippen LogP contribution in [0.15, 0.2) is 24.3 Å². The van der Waals surface area contributed by atoms with E-state index in [4.69, 9.17) is 11.6 Å². The molecule has 0 aromatic heterocycles. The maximum atomic E-state index is 12.0. The van der Waals surface area contributed by atoms with Gasteiger partial charge >= 0.3 is 0 Å². The van der Waals surface area contributed by atoms with Crippen molar-refractivity contribution < 1.29 is 4.79 Å². The molecule has 0 bridgehead atoms. The molecule has 0 amide bonds. The van der Waals surface area contributed by atoms with E-state index in [1.165, 1.54) is 0 Å². The monoisotopic (exact) mass is 239 g/mol. The Morgan fingerprint density at radius 2 is 2.12 bits per heavy atom. The van der Waals surface area contributed by atoms with Crippen LogP contribution in [0.1, 0.15) is 26.3 Å². The van der Waals surface area contributed by atoms with E-state index in [2.05, 4.69) is 5.32 Å². The van der Waals surface area contributed by atoms with Crippen molar-refractivity contribution in [2.75, 3.05) is 6.54 Å². The number of halogens is 1. The van der Waals surface area contributed by atoms with E-state index >= 15 is 0 Å². The molecule has 1 aromatic carbocycles. The molecular weight excluding hydrogens is 222 g/mol. The highest BCUT2D eigenvalue weighted by molar-refractivity contribution is 6.30. The second-order valence-corrected chi connectivity index (χ2v) is 4.82. The Morgan fingerprint density at radius 1 is 1.44 bits per heavy atom. The molecular formula is C13H18ClNO. The minimum atomic E-state index is -0.475. The van der Waals surface area contributed by atoms with Crippen molar-refractivity contribution in [1.82, 2.24) is 5.32 Å². The van der Waals surface area contributed by atoms with Crippen molar-refractivity contribution in [3.8, 4) is 0 Å². The molecule has 0 saturated heterocycles. The van der Waals surface area contributed by atoms with E-state index in [0.717, 1.165) is 12.1 Å². The van der Waals surface area contributed by atoms with Crippen LogP contribution in [0.5, 0.6) is 0 Å². The molecule has 0 saturated carbocycles. The Labute approximate surface area is 102 Å². The van der Waals surface area contributed by atoms with Gasteiger partial charge in [-0.15, -0.1) is 0 Å². The SMILES string of the molecule is CCNC(C)(C)C(=O)Cc1cccc(Cl)c1. The second-order valence-electron chi connectivity index (χ2n) is 4.39. The van der Waals surface area contributed by atoms with E-state index in [0.29, 0.717) is 11.4 Å². The van der Waals surface area contributed by atoms with Crippen LogP contribution in [0.3, 0.4) is 0 Å². The molecule has 0 aliphatic rings. The summed E-state index contributed by atoms with van der Waals surface area (Å²) >= 11 is 5.88. The number of Topliss-reactive ketones (excluding diaryl/α,β-unsaturated/α-hetero) is 1. The average molecular weight is 240 g/mol. The first-order valence-corrected chi connectivity index (χ1v) is 5.86. The van der Waals surface area contributed by atoms with Gasteiger partial charge in [0, 0.05) is 11.4 Å². The third-order valence-electron chi connectivity index (χ3n) is 2.57. The van der Waals surface area contributed by atoms with Crippen LogP contribution in [-0.2, 0) is 11.2 Å². The Bertz CT molecular complexity index is 374. The standard InChI is InChI=1S/C13H18ClNO/c1-4-15-13(2,3)12(16)9-10-6-5-7-11(14)8-10/h5-8,15H,4,9H2,1-3H3. The minimum Gasteiger partial charge on any atom is -0.306 e. The molecule has 16 heavy (non-hydrogen) atoms. The normalized spacial score (nSPS) is 11.5. The van der Waals surface area contributed by atoms with Crippen LogP contribution in [0, 0.1) is 0 Å². The summed E-state index contributed by atoms with van der Waals surface area (Å²) in [4.78, 5) is 12.0. The van der Waals surface area contributed by atoms with Crippen molar-refractivity contribution >= 4 is 17.4 Å². The lowest BCUT2D eigenvalue weighted by molar-refractivity contribution is -0.123. The highest BCUT2D eigenvalue weighted by Crippen LogP contribution is 2.14. The summed E-state index contributed by atoms with van der Waals surface area (Å²) in [6.07, 6.45) is 0.417. The maximum absolute atomic E-state index is 12.0. The van der Waals surface area contributed by atoms with E-state index in [1.807, 2.05) is 45.0 Å². The molecule has 0 fully saturated rings. The van der Waals surface area contributed by atoms with Crippen molar-refractivity contribution in [3.63, 3.8) is 0 Å². The fraction of sp³-hybridized carbons (Fsp3) is 0.462. The van der Waals surface area contributed by atoms with Gasteiger partial charge in [0.05, 0.1) is 5.54 Å². The number of rotatable bonds is 5. The number of ketones is 1. The molecule has 1 aromatic rings. The number of nitrogens with one attached hydrogen (secondary N) is 1. The second kappa shape index (κ2) is 5.46. The summed E-state index contributed by atoms with van der Waals surface area (Å²) in [5.41, 5.74) is 0.486.